The second-order valence-electron chi connectivity index (χ2n) is 5.70. The number of anilines is 1. The van der Waals surface area contributed by atoms with Gasteiger partial charge in [-0.1, -0.05) is 48.0 Å². The van der Waals surface area contributed by atoms with E-state index in [-0.39, 0.29) is 0 Å². The number of ether oxygens (including phenoxy) is 1. The fourth-order valence-corrected chi connectivity index (χ4v) is 2.91. The van der Waals surface area contributed by atoms with Gasteiger partial charge in [-0.3, -0.25) is 10.00 Å². The second kappa shape index (κ2) is 7.58. The van der Waals surface area contributed by atoms with Crippen molar-refractivity contribution in [2.45, 2.75) is 13.0 Å². The zero-order valence-corrected chi connectivity index (χ0v) is 15.0. The molecule has 7 heteroatoms. The molecule has 1 heterocycles. The lowest BCUT2D eigenvalue weighted by molar-refractivity contribution is 0.121. The Balaban J connectivity index is 1.79. The molecule has 3 rings (SSSR count). The monoisotopic (exact) mass is 373 g/mol. The van der Waals surface area contributed by atoms with Crippen LogP contribution in [0.25, 0.3) is 11.1 Å². The molecule has 0 unspecified atom stereocenters. The lowest BCUT2D eigenvalue weighted by Gasteiger charge is -2.16. The molecule has 0 saturated carbocycles. The van der Waals surface area contributed by atoms with Crippen molar-refractivity contribution in [2.24, 2.45) is 7.05 Å². The number of nitrogens with one attached hydrogen (secondary N) is 1. The van der Waals surface area contributed by atoms with Crippen LogP contribution in [-0.2, 0) is 11.8 Å². The summed E-state index contributed by atoms with van der Waals surface area (Å²) in [6.07, 6.45) is 0.262. The molecule has 1 N–H and O–H groups in total. The third-order valence-corrected chi connectivity index (χ3v) is 4.29. The summed E-state index contributed by atoms with van der Waals surface area (Å²) in [7, 11) is 1.65. The lowest BCUT2D eigenvalue weighted by Crippen LogP contribution is -2.18. The highest BCUT2D eigenvalue weighted by molar-refractivity contribution is 6.31. The number of carbonyl (C=O) groups excluding carboxylic acids is 1. The molecule has 1 aromatic heterocycles. The fraction of sp³-hybridized carbons (Fsp3) is 0.158. The summed E-state index contributed by atoms with van der Waals surface area (Å²) < 4.78 is 20.9. The van der Waals surface area contributed by atoms with E-state index in [9.17, 15) is 9.18 Å². The van der Waals surface area contributed by atoms with Gasteiger partial charge in [-0.25, -0.2) is 9.18 Å². The largest absolute Gasteiger partial charge is 0.441 e. The smallest absolute Gasteiger partial charge is 0.413 e. The predicted molar refractivity (Wildman–Crippen MR) is 98.6 cm³/mol. The Labute approximate surface area is 155 Å². The van der Waals surface area contributed by atoms with Gasteiger partial charge in [0.15, 0.2) is 0 Å². The van der Waals surface area contributed by atoms with E-state index in [1.165, 1.54) is 16.9 Å². The quantitative estimate of drug-likeness (QED) is 0.684. The summed E-state index contributed by atoms with van der Waals surface area (Å²) >= 11 is 6.13. The highest BCUT2D eigenvalue weighted by atomic mass is 35.5. The molecule has 5 nitrogen and oxygen atoms in total. The molecule has 0 aliphatic rings. The van der Waals surface area contributed by atoms with Crippen LogP contribution in [0, 0.1) is 5.82 Å². The molecule has 1 amide bonds. The first-order chi connectivity index (χ1) is 12.5. The van der Waals surface area contributed by atoms with Crippen LogP contribution < -0.4 is 5.32 Å². The van der Waals surface area contributed by atoms with Crippen molar-refractivity contribution in [3.8, 4) is 11.1 Å². The van der Waals surface area contributed by atoms with Gasteiger partial charge in [-0.15, -0.1) is 0 Å². The van der Waals surface area contributed by atoms with E-state index in [1.807, 2.05) is 6.07 Å². The van der Waals surface area contributed by atoms with Crippen molar-refractivity contribution in [3.63, 3.8) is 0 Å². The number of halogens is 2. The van der Waals surface area contributed by atoms with Crippen molar-refractivity contribution in [3.05, 3.63) is 71.1 Å². The maximum atomic E-state index is 14.1. The van der Waals surface area contributed by atoms with Crippen LogP contribution >= 0.6 is 11.6 Å². The van der Waals surface area contributed by atoms with Crippen molar-refractivity contribution in [1.29, 1.82) is 0 Å². The molecule has 0 radical (unpaired) electrons. The molecule has 0 saturated heterocycles. The Bertz CT molecular complexity index is 942. The molecular weight excluding hydrogens is 357 g/mol. The zero-order chi connectivity index (χ0) is 18.7. The average molecular weight is 374 g/mol. The van der Waals surface area contributed by atoms with Gasteiger partial charge in [0.05, 0.1) is 6.20 Å². The van der Waals surface area contributed by atoms with E-state index in [0.29, 0.717) is 27.5 Å². The van der Waals surface area contributed by atoms with Crippen LogP contribution in [0.3, 0.4) is 0 Å². The number of nitrogens with zero attached hydrogens (tertiary/aromatic N) is 2. The first-order valence-electron chi connectivity index (χ1n) is 7.96. The number of hydrogen-bond acceptors (Lipinski definition) is 3. The first-order valence-corrected chi connectivity index (χ1v) is 8.34. The highest BCUT2D eigenvalue weighted by Gasteiger charge is 2.19. The third-order valence-electron chi connectivity index (χ3n) is 3.95. The van der Waals surface area contributed by atoms with E-state index < -0.39 is 18.0 Å². The van der Waals surface area contributed by atoms with E-state index in [2.05, 4.69) is 10.4 Å². The Hall–Kier alpha value is -2.86. The van der Waals surface area contributed by atoms with Crippen LogP contribution in [0.1, 0.15) is 18.6 Å². The highest BCUT2D eigenvalue weighted by Crippen LogP contribution is 2.30. The average Bonchev–Trinajstić information content (AvgIpc) is 2.96. The molecule has 0 fully saturated rings. The van der Waals surface area contributed by atoms with Gasteiger partial charge < -0.3 is 4.74 Å². The Morgan fingerprint density at radius 3 is 2.62 bits per heavy atom. The minimum Gasteiger partial charge on any atom is -0.441 e. The van der Waals surface area contributed by atoms with Crippen LogP contribution in [0.15, 0.2) is 54.7 Å². The van der Waals surface area contributed by atoms with Crippen LogP contribution in [0.4, 0.5) is 15.0 Å². The Morgan fingerprint density at radius 1 is 1.19 bits per heavy atom. The number of aryl methyl sites for hydroxylation is 1. The van der Waals surface area contributed by atoms with Crippen molar-refractivity contribution in [1.82, 2.24) is 9.78 Å². The Morgan fingerprint density at radius 2 is 1.88 bits per heavy atom. The van der Waals surface area contributed by atoms with Gasteiger partial charge in [-0.05, 0) is 19.1 Å². The van der Waals surface area contributed by atoms with Crippen molar-refractivity contribution < 1.29 is 13.9 Å². The number of benzene rings is 2. The summed E-state index contributed by atoms with van der Waals surface area (Å²) in [6.45, 7) is 1.72. The lowest BCUT2D eigenvalue weighted by atomic mass is 10.1. The molecular formula is C19H17ClFN3O2. The SMILES string of the molecule is C[C@H](OC(=O)Nc1c(-c2ccccc2F)cnn1C)c1ccccc1Cl. The number of aromatic nitrogens is 2. The number of carbonyl (C=O) groups is 1. The summed E-state index contributed by atoms with van der Waals surface area (Å²) in [5.74, 6) is -0.0622. The maximum Gasteiger partial charge on any atom is 0.413 e. The van der Waals surface area contributed by atoms with E-state index >= 15 is 0 Å². The summed E-state index contributed by atoms with van der Waals surface area (Å²) in [5, 5.41) is 7.25. The second-order valence-corrected chi connectivity index (χ2v) is 6.11. The number of amides is 1. The third kappa shape index (κ3) is 3.70. The predicted octanol–water partition coefficient (Wildman–Crippen LogP) is 5.19. The molecule has 0 spiro atoms. The van der Waals surface area contributed by atoms with Gasteiger partial charge in [0.25, 0.3) is 0 Å². The number of rotatable bonds is 4. The minimum absolute atomic E-state index is 0.339. The molecule has 3 aromatic rings. The van der Waals surface area contributed by atoms with Gasteiger partial charge in [0.2, 0.25) is 0 Å². The van der Waals surface area contributed by atoms with E-state index in [1.54, 1.807) is 50.4 Å². The molecule has 0 aliphatic carbocycles. The Kier molecular flexibility index (Phi) is 5.23. The topological polar surface area (TPSA) is 56.1 Å². The molecule has 0 aliphatic heterocycles. The summed E-state index contributed by atoms with van der Waals surface area (Å²) in [5.41, 5.74) is 1.51. The van der Waals surface area contributed by atoms with Gasteiger partial charge in [0, 0.05) is 28.8 Å². The normalized spacial score (nSPS) is 11.8. The molecule has 26 heavy (non-hydrogen) atoms. The number of hydrogen-bond donors (Lipinski definition) is 1. The summed E-state index contributed by atoms with van der Waals surface area (Å²) in [4.78, 5) is 12.3. The molecule has 0 bridgehead atoms. The van der Waals surface area contributed by atoms with Crippen molar-refractivity contribution in [2.75, 3.05) is 5.32 Å². The summed E-state index contributed by atoms with van der Waals surface area (Å²) in [6, 6.07) is 13.4. The first kappa shape index (κ1) is 17.9. The van der Waals surface area contributed by atoms with Gasteiger partial charge in [-0.2, -0.15) is 5.10 Å². The van der Waals surface area contributed by atoms with Gasteiger partial charge >= 0.3 is 6.09 Å². The van der Waals surface area contributed by atoms with Crippen LogP contribution in [0.2, 0.25) is 5.02 Å². The van der Waals surface area contributed by atoms with E-state index in [0.717, 1.165) is 0 Å². The maximum absolute atomic E-state index is 14.1. The van der Waals surface area contributed by atoms with Crippen molar-refractivity contribution >= 4 is 23.5 Å². The zero-order valence-electron chi connectivity index (χ0n) is 14.2. The van der Waals surface area contributed by atoms with Gasteiger partial charge in [0.1, 0.15) is 17.7 Å². The van der Waals surface area contributed by atoms with E-state index in [4.69, 9.17) is 16.3 Å². The molecule has 1 atom stereocenters. The molecule has 134 valence electrons. The van der Waals surface area contributed by atoms with Crippen LogP contribution in [-0.4, -0.2) is 15.9 Å². The fourth-order valence-electron chi connectivity index (χ4n) is 2.62. The standard InChI is InChI=1S/C19H17ClFN3O2/c1-12(13-7-3-5-9-16(13)20)26-19(25)23-18-15(11-22-24(18)2)14-8-4-6-10-17(14)21/h3-12H,1-2H3,(H,23,25)/t12-/m0/s1. The molecule has 2 aromatic carbocycles. The van der Waals surface area contributed by atoms with Crippen LogP contribution in [0.5, 0.6) is 0 Å². The minimum atomic E-state index is -0.682.